The number of ether oxygens (including phenoxy) is 1. The average Bonchev–Trinajstić information content (AvgIpc) is 3.52. The molecular weight excluding hydrogens is 406 g/mol. The van der Waals surface area contributed by atoms with Gasteiger partial charge in [0.25, 0.3) is 11.5 Å². The number of pyridine rings is 1. The van der Waals surface area contributed by atoms with Gasteiger partial charge in [-0.2, -0.15) is 4.98 Å². The standard InChI is InChI=1S/C24H27N5O3/c1-16-20-10-11-21(30)29(22(20)27-24(26-16)28-12-2-3-13-28)18-8-6-17(7-9-18)23(31)25-15-19-5-4-14-32-19/h6-11,19H,2-5,12-15H2,1H3,(H,25,31). The number of amides is 1. The molecule has 8 heteroatoms. The van der Waals surface area contributed by atoms with Gasteiger partial charge in [0, 0.05) is 43.3 Å². The summed E-state index contributed by atoms with van der Waals surface area (Å²) in [4.78, 5) is 37.0. The Balaban J connectivity index is 1.46. The highest BCUT2D eigenvalue weighted by Crippen LogP contribution is 2.23. The van der Waals surface area contributed by atoms with Crippen LogP contribution >= 0.6 is 0 Å². The van der Waals surface area contributed by atoms with E-state index in [9.17, 15) is 9.59 Å². The van der Waals surface area contributed by atoms with Gasteiger partial charge in [-0.3, -0.25) is 14.2 Å². The summed E-state index contributed by atoms with van der Waals surface area (Å²) in [5.41, 5.74) is 2.47. The van der Waals surface area contributed by atoms with Gasteiger partial charge in [-0.05, 0) is 62.9 Å². The number of hydrogen-bond acceptors (Lipinski definition) is 6. The van der Waals surface area contributed by atoms with Crippen LogP contribution in [0.1, 0.15) is 41.7 Å². The zero-order chi connectivity index (χ0) is 22.1. The quantitative estimate of drug-likeness (QED) is 0.665. The number of aromatic nitrogens is 3. The summed E-state index contributed by atoms with van der Waals surface area (Å²) >= 11 is 0. The van der Waals surface area contributed by atoms with Crippen LogP contribution in [-0.2, 0) is 4.74 Å². The predicted molar refractivity (Wildman–Crippen MR) is 123 cm³/mol. The molecule has 5 rings (SSSR count). The molecule has 8 nitrogen and oxygen atoms in total. The molecule has 0 spiro atoms. The fourth-order valence-electron chi connectivity index (χ4n) is 4.43. The highest BCUT2D eigenvalue weighted by molar-refractivity contribution is 5.94. The van der Waals surface area contributed by atoms with E-state index in [2.05, 4.69) is 15.2 Å². The third kappa shape index (κ3) is 3.98. The van der Waals surface area contributed by atoms with Gasteiger partial charge in [0.15, 0.2) is 5.65 Å². The molecule has 4 heterocycles. The summed E-state index contributed by atoms with van der Waals surface area (Å²) in [6, 6.07) is 10.4. The molecule has 3 aromatic rings. The third-order valence-electron chi connectivity index (χ3n) is 6.22. The molecule has 166 valence electrons. The second-order valence-corrected chi connectivity index (χ2v) is 8.44. The van der Waals surface area contributed by atoms with Gasteiger partial charge in [-0.25, -0.2) is 4.98 Å². The highest BCUT2D eigenvalue weighted by Gasteiger charge is 2.19. The molecule has 1 atom stereocenters. The fraction of sp³-hybridized carbons (Fsp3) is 0.417. The second kappa shape index (κ2) is 8.70. The number of rotatable bonds is 5. The van der Waals surface area contributed by atoms with Crippen LogP contribution in [0.2, 0.25) is 0 Å². The van der Waals surface area contributed by atoms with Gasteiger partial charge < -0.3 is 15.0 Å². The normalized spacial score (nSPS) is 18.4. The molecule has 2 saturated heterocycles. The van der Waals surface area contributed by atoms with E-state index in [1.54, 1.807) is 34.9 Å². The van der Waals surface area contributed by atoms with Crippen LogP contribution in [0, 0.1) is 6.92 Å². The summed E-state index contributed by atoms with van der Waals surface area (Å²) in [5, 5.41) is 3.77. The van der Waals surface area contributed by atoms with Crippen LogP contribution in [0.5, 0.6) is 0 Å². The van der Waals surface area contributed by atoms with Crippen molar-refractivity contribution >= 4 is 22.9 Å². The first-order chi connectivity index (χ1) is 15.6. The summed E-state index contributed by atoms with van der Waals surface area (Å²) < 4.78 is 7.15. The molecular formula is C24H27N5O3. The van der Waals surface area contributed by atoms with Crippen LogP contribution in [0.15, 0.2) is 41.2 Å². The fourth-order valence-corrected chi connectivity index (χ4v) is 4.43. The number of carbonyl (C=O) groups excluding carboxylic acids is 1. The lowest BCUT2D eigenvalue weighted by Crippen LogP contribution is -2.31. The molecule has 1 N–H and O–H groups in total. The van der Waals surface area contributed by atoms with Crippen LogP contribution in [-0.4, -0.2) is 52.8 Å². The lowest BCUT2D eigenvalue weighted by Gasteiger charge is -2.18. The van der Waals surface area contributed by atoms with Crippen LogP contribution in [0.3, 0.4) is 0 Å². The van der Waals surface area contributed by atoms with Crippen molar-refractivity contribution in [3.05, 3.63) is 58.0 Å². The Morgan fingerprint density at radius 2 is 1.88 bits per heavy atom. The van der Waals surface area contributed by atoms with E-state index in [1.165, 1.54) is 6.07 Å². The summed E-state index contributed by atoms with van der Waals surface area (Å²) in [5.74, 6) is 0.517. The number of aryl methyl sites for hydroxylation is 1. The van der Waals surface area contributed by atoms with E-state index >= 15 is 0 Å². The van der Waals surface area contributed by atoms with Gasteiger partial charge in [0.1, 0.15) is 0 Å². The van der Waals surface area contributed by atoms with Crippen molar-refractivity contribution in [3.8, 4) is 5.69 Å². The maximum atomic E-state index is 12.8. The van der Waals surface area contributed by atoms with E-state index in [0.29, 0.717) is 29.4 Å². The third-order valence-corrected chi connectivity index (χ3v) is 6.22. The van der Waals surface area contributed by atoms with E-state index in [0.717, 1.165) is 56.5 Å². The van der Waals surface area contributed by atoms with Crippen molar-refractivity contribution < 1.29 is 9.53 Å². The molecule has 32 heavy (non-hydrogen) atoms. The zero-order valence-corrected chi connectivity index (χ0v) is 18.2. The Morgan fingerprint density at radius 3 is 2.59 bits per heavy atom. The van der Waals surface area contributed by atoms with Gasteiger partial charge in [0.2, 0.25) is 5.95 Å². The number of hydrogen-bond donors (Lipinski definition) is 1. The summed E-state index contributed by atoms with van der Waals surface area (Å²) in [6.45, 7) is 5.08. The Labute approximate surface area is 186 Å². The lowest BCUT2D eigenvalue weighted by atomic mass is 10.1. The first kappa shape index (κ1) is 20.6. The number of nitrogens with one attached hydrogen (secondary N) is 1. The van der Waals surface area contributed by atoms with Gasteiger partial charge in [-0.15, -0.1) is 0 Å². The molecule has 2 aliphatic heterocycles. The predicted octanol–water partition coefficient (Wildman–Crippen LogP) is 2.60. The molecule has 1 amide bonds. The van der Waals surface area contributed by atoms with Crippen molar-refractivity contribution in [2.45, 2.75) is 38.7 Å². The number of carbonyl (C=O) groups is 1. The maximum absolute atomic E-state index is 12.8. The van der Waals surface area contributed by atoms with E-state index in [1.807, 2.05) is 6.92 Å². The minimum absolute atomic E-state index is 0.0974. The molecule has 0 aliphatic carbocycles. The Hall–Kier alpha value is -3.26. The lowest BCUT2D eigenvalue weighted by molar-refractivity contribution is 0.0858. The Kier molecular flexibility index (Phi) is 5.61. The van der Waals surface area contributed by atoms with Crippen molar-refractivity contribution in [2.75, 3.05) is 31.1 Å². The van der Waals surface area contributed by atoms with Gasteiger partial charge in [-0.1, -0.05) is 0 Å². The van der Waals surface area contributed by atoms with Crippen LogP contribution in [0.25, 0.3) is 16.7 Å². The van der Waals surface area contributed by atoms with Crippen molar-refractivity contribution in [2.24, 2.45) is 0 Å². The molecule has 0 saturated carbocycles. The largest absolute Gasteiger partial charge is 0.376 e. The molecule has 2 aromatic heterocycles. The minimum atomic E-state index is -0.168. The smallest absolute Gasteiger partial charge is 0.256 e. The highest BCUT2D eigenvalue weighted by atomic mass is 16.5. The van der Waals surface area contributed by atoms with Crippen LogP contribution < -0.4 is 15.8 Å². The Bertz CT molecular complexity index is 1190. The van der Waals surface area contributed by atoms with E-state index in [4.69, 9.17) is 9.72 Å². The topological polar surface area (TPSA) is 89.4 Å². The number of benzene rings is 1. The first-order valence-corrected chi connectivity index (χ1v) is 11.3. The van der Waals surface area contributed by atoms with E-state index < -0.39 is 0 Å². The second-order valence-electron chi connectivity index (χ2n) is 8.44. The van der Waals surface area contributed by atoms with Crippen molar-refractivity contribution in [1.82, 2.24) is 19.9 Å². The van der Waals surface area contributed by atoms with E-state index in [-0.39, 0.29) is 17.6 Å². The van der Waals surface area contributed by atoms with Crippen LogP contribution in [0.4, 0.5) is 5.95 Å². The molecule has 0 radical (unpaired) electrons. The minimum Gasteiger partial charge on any atom is -0.376 e. The van der Waals surface area contributed by atoms with Crippen molar-refractivity contribution in [1.29, 1.82) is 0 Å². The zero-order valence-electron chi connectivity index (χ0n) is 18.2. The molecule has 0 bridgehead atoms. The summed E-state index contributed by atoms with van der Waals surface area (Å²) in [6.07, 6.45) is 4.36. The monoisotopic (exact) mass is 433 g/mol. The number of fused-ring (bicyclic) bond motifs is 1. The molecule has 2 fully saturated rings. The number of nitrogens with zero attached hydrogens (tertiary/aromatic N) is 4. The molecule has 2 aliphatic rings. The van der Waals surface area contributed by atoms with Crippen molar-refractivity contribution in [3.63, 3.8) is 0 Å². The average molecular weight is 434 g/mol. The summed E-state index contributed by atoms with van der Waals surface area (Å²) in [7, 11) is 0. The Morgan fingerprint density at radius 1 is 1.09 bits per heavy atom. The van der Waals surface area contributed by atoms with Gasteiger partial charge >= 0.3 is 0 Å². The molecule has 1 aromatic carbocycles. The first-order valence-electron chi connectivity index (χ1n) is 11.3. The molecule has 1 unspecified atom stereocenters. The number of anilines is 1. The SMILES string of the molecule is Cc1nc(N2CCCC2)nc2c1ccc(=O)n2-c1ccc(C(=O)NCC2CCCO2)cc1. The maximum Gasteiger partial charge on any atom is 0.256 e. The van der Waals surface area contributed by atoms with Gasteiger partial charge in [0.05, 0.1) is 17.5 Å².